The molecule has 0 aromatic heterocycles. The Morgan fingerprint density at radius 3 is 2.60 bits per heavy atom. The first-order valence-electron chi connectivity index (χ1n) is 6.21. The van der Waals surface area contributed by atoms with Crippen LogP contribution >= 0.6 is 0 Å². The van der Waals surface area contributed by atoms with E-state index in [0.717, 1.165) is 0 Å². The van der Waals surface area contributed by atoms with E-state index in [9.17, 15) is 18.0 Å². The van der Waals surface area contributed by atoms with Crippen molar-refractivity contribution < 1.29 is 22.7 Å². The molecule has 7 heteroatoms. The molecule has 20 heavy (non-hydrogen) atoms. The van der Waals surface area contributed by atoms with Gasteiger partial charge in [-0.1, -0.05) is 6.07 Å². The molecule has 1 aromatic carbocycles. The summed E-state index contributed by atoms with van der Waals surface area (Å²) in [5.41, 5.74) is 3.82. The summed E-state index contributed by atoms with van der Waals surface area (Å²) in [6, 6.07) is 4.42. The summed E-state index contributed by atoms with van der Waals surface area (Å²) in [7, 11) is 0. The van der Waals surface area contributed by atoms with Crippen molar-refractivity contribution in [2.75, 3.05) is 12.3 Å². The minimum absolute atomic E-state index is 0.0161. The normalized spacial score (nSPS) is 16.6. The third-order valence-corrected chi connectivity index (χ3v) is 3.22. The van der Waals surface area contributed by atoms with Crippen molar-refractivity contribution in [3.05, 3.63) is 23.8 Å². The second kappa shape index (κ2) is 4.88. The second-order valence-corrected chi connectivity index (χ2v) is 4.69. The molecule has 1 fully saturated rings. The lowest BCUT2D eigenvalue weighted by Crippen LogP contribution is -2.47. The van der Waals surface area contributed by atoms with Gasteiger partial charge in [-0.2, -0.15) is 13.2 Å². The third-order valence-electron chi connectivity index (χ3n) is 3.22. The number of para-hydroxylation sites is 1. The smallest absolute Gasteiger partial charge is 0.411 e. The van der Waals surface area contributed by atoms with Gasteiger partial charge < -0.3 is 15.8 Å². The molecule has 0 atom stereocenters. The van der Waals surface area contributed by atoms with E-state index in [1.807, 2.05) is 0 Å². The molecule has 0 spiro atoms. The van der Waals surface area contributed by atoms with Gasteiger partial charge in [0.1, 0.15) is 5.54 Å². The number of benzene rings is 1. The number of hydrogen-bond acceptors (Lipinski definition) is 3. The van der Waals surface area contributed by atoms with Gasteiger partial charge in [-0.05, 0) is 31.9 Å². The average molecular weight is 288 g/mol. The molecular formula is C13H15F3N2O2. The monoisotopic (exact) mass is 288 g/mol. The largest absolute Gasteiger partial charge is 0.491 e. The Balaban J connectivity index is 2.25. The van der Waals surface area contributed by atoms with Crippen LogP contribution < -0.4 is 15.8 Å². The molecule has 110 valence electrons. The maximum atomic E-state index is 12.8. The Labute approximate surface area is 114 Å². The molecule has 0 saturated heterocycles. The van der Waals surface area contributed by atoms with Crippen LogP contribution in [0.25, 0.3) is 0 Å². The van der Waals surface area contributed by atoms with Gasteiger partial charge in [0.25, 0.3) is 5.91 Å². The van der Waals surface area contributed by atoms with Crippen LogP contribution in [0, 0.1) is 0 Å². The summed E-state index contributed by atoms with van der Waals surface area (Å²) < 4.78 is 43.7. The number of nitrogens with two attached hydrogens (primary N) is 1. The predicted octanol–water partition coefficient (Wildman–Crippen LogP) is 2.49. The summed E-state index contributed by atoms with van der Waals surface area (Å²) >= 11 is 0. The number of hydrogen-bond donors (Lipinski definition) is 2. The van der Waals surface area contributed by atoms with Crippen molar-refractivity contribution in [1.29, 1.82) is 0 Å². The number of alkyl halides is 3. The van der Waals surface area contributed by atoms with E-state index in [4.69, 9.17) is 10.5 Å². The Morgan fingerprint density at radius 1 is 1.45 bits per heavy atom. The highest BCUT2D eigenvalue weighted by molar-refractivity contribution is 5.99. The summed E-state index contributed by atoms with van der Waals surface area (Å²) in [4.78, 5) is 12.0. The molecule has 4 nitrogen and oxygen atoms in total. The van der Waals surface area contributed by atoms with E-state index in [-0.39, 0.29) is 36.4 Å². The van der Waals surface area contributed by atoms with Crippen molar-refractivity contribution in [2.24, 2.45) is 0 Å². The molecule has 1 aliphatic carbocycles. The van der Waals surface area contributed by atoms with Crippen molar-refractivity contribution in [2.45, 2.75) is 31.5 Å². The number of carbonyl (C=O) groups excluding carboxylic acids is 1. The number of rotatable bonds is 4. The molecule has 1 saturated carbocycles. The second-order valence-electron chi connectivity index (χ2n) is 4.69. The maximum Gasteiger partial charge on any atom is 0.411 e. The zero-order chi connectivity index (χ0) is 15.0. The molecule has 0 unspecified atom stereocenters. The van der Waals surface area contributed by atoms with Crippen molar-refractivity contribution in [3.8, 4) is 5.75 Å². The first kappa shape index (κ1) is 14.5. The average Bonchev–Trinajstić information content (AvgIpc) is 3.12. The lowest BCUT2D eigenvalue weighted by Gasteiger charge is -2.21. The van der Waals surface area contributed by atoms with Gasteiger partial charge >= 0.3 is 6.18 Å². The van der Waals surface area contributed by atoms with E-state index >= 15 is 0 Å². The van der Waals surface area contributed by atoms with Gasteiger partial charge in [-0.25, -0.2) is 0 Å². The maximum absolute atomic E-state index is 12.8. The molecular weight excluding hydrogens is 273 g/mol. The zero-order valence-electron chi connectivity index (χ0n) is 10.9. The standard InChI is InChI=1S/C13H15F3N2O2/c1-2-20-10-8(4-3-5-9(10)17)11(19)18-12(6-7-12)13(14,15)16/h3-5H,2,6-7,17H2,1H3,(H,18,19). The van der Waals surface area contributed by atoms with Gasteiger partial charge in [0.05, 0.1) is 17.9 Å². The number of nitrogens with one attached hydrogen (secondary N) is 1. The fraction of sp³-hybridized carbons (Fsp3) is 0.462. The zero-order valence-corrected chi connectivity index (χ0v) is 10.9. The van der Waals surface area contributed by atoms with Crippen LogP contribution in [0.5, 0.6) is 5.75 Å². The fourth-order valence-corrected chi connectivity index (χ4v) is 1.93. The molecule has 1 aliphatic rings. The molecule has 1 aromatic rings. The highest BCUT2D eigenvalue weighted by Gasteiger charge is 2.64. The predicted molar refractivity (Wildman–Crippen MR) is 67.5 cm³/mol. The van der Waals surface area contributed by atoms with Gasteiger partial charge in [-0.3, -0.25) is 4.79 Å². The first-order valence-corrected chi connectivity index (χ1v) is 6.21. The summed E-state index contributed by atoms with van der Waals surface area (Å²) in [6.45, 7) is 1.96. The Morgan fingerprint density at radius 2 is 2.10 bits per heavy atom. The molecule has 0 heterocycles. The highest BCUT2D eigenvalue weighted by atomic mass is 19.4. The van der Waals surface area contributed by atoms with Gasteiger partial charge in [0, 0.05) is 0 Å². The molecule has 0 radical (unpaired) electrons. The minimum atomic E-state index is -4.45. The van der Waals surface area contributed by atoms with Crippen LogP contribution in [-0.4, -0.2) is 24.2 Å². The van der Waals surface area contributed by atoms with E-state index in [0.29, 0.717) is 0 Å². The van der Waals surface area contributed by atoms with Gasteiger partial charge in [0.15, 0.2) is 5.75 Å². The highest BCUT2D eigenvalue weighted by Crippen LogP contribution is 2.49. The third kappa shape index (κ3) is 2.52. The summed E-state index contributed by atoms with van der Waals surface area (Å²) in [5.74, 6) is -0.707. The van der Waals surface area contributed by atoms with Crippen molar-refractivity contribution >= 4 is 11.6 Å². The molecule has 0 aliphatic heterocycles. The van der Waals surface area contributed by atoms with Crippen LogP contribution in [0.4, 0.5) is 18.9 Å². The van der Waals surface area contributed by atoms with E-state index in [1.54, 1.807) is 6.92 Å². The minimum Gasteiger partial charge on any atom is -0.491 e. The Kier molecular flexibility index (Phi) is 3.54. The van der Waals surface area contributed by atoms with Crippen molar-refractivity contribution in [1.82, 2.24) is 5.32 Å². The molecule has 3 N–H and O–H groups in total. The van der Waals surface area contributed by atoms with Crippen LogP contribution in [0.2, 0.25) is 0 Å². The number of halogens is 3. The number of amides is 1. The van der Waals surface area contributed by atoms with Crippen molar-refractivity contribution in [3.63, 3.8) is 0 Å². The summed E-state index contributed by atoms with van der Waals surface area (Å²) in [5, 5.41) is 2.05. The van der Waals surface area contributed by atoms with Gasteiger partial charge in [-0.15, -0.1) is 0 Å². The van der Waals surface area contributed by atoms with Crippen LogP contribution in [0.1, 0.15) is 30.1 Å². The van der Waals surface area contributed by atoms with E-state index < -0.39 is 17.6 Å². The first-order chi connectivity index (χ1) is 9.31. The number of carbonyl (C=O) groups is 1. The lowest BCUT2D eigenvalue weighted by molar-refractivity contribution is -0.163. The molecule has 0 bridgehead atoms. The topological polar surface area (TPSA) is 64.3 Å². The van der Waals surface area contributed by atoms with Crippen LogP contribution in [-0.2, 0) is 0 Å². The van der Waals surface area contributed by atoms with Crippen LogP contribution in [0.15, 0.2) is 18.2 Å². The number of ether oxygens (including phenoxy) is 1. The number of anilines is 1. The molecule has 1 amide bonds. The molecule has 2 rings (SSSR count). The Bertz CT molecular complexity index is 525. The fourth-order valence-electron chi connectivity index (χ4n) is 1.93. The van der Waals surface area contributed by atoms with E-state index in [1.165, 1.54) is 18.2 Å². The van der Waals surface area contributed by atoms with E-state index in [2.05, 4.69) is 5.32 Å². The quantitative estimate of drug-likeness (QED) is 0.837. The summed E-state index contributed by atoms with van der Waals surface area (Å²) in [6.07, 6.45) is -4.65. The SMILES string of the molecule is CCOc1c(N)cccc1C(=O)NC1(C(F)(F)F)CC1. The van der Waals surface area contributed by atoms with Gasteiger partial charge in [0.2, 0.25) is 0 Å². The number of nitrogen functional groups attached to an aromatic ring is 1. The van der Waals surface area contributed by atoms with Crippen LogP contribution in [0.3, 0.4) is 0 Å². The Hall–Kier alpha value is -1.92. The lowest BCUT2D eigenvalue weighted by atomic mass is 10.1.